The first-order valence-electron chi connectivity index (χ1n) is 9.59. The fourth-order valence-electron chi connectivity index (χ4n) is 4.01. The van der Waals surface area contributed by atoms with Gasteiger partial charge >= 0.3 is 0 Å². The molecule has 2 nitrogen and oxygen atoms in total. The zero-order valence-corrected chi connectivity index (χ0v) is 16.1. The first-order chi connectivity index (χ1) is 13.7. The lowest BCUT2D eigenvalue weighted by Gasteiger charge is -2.20. The van der Waals surface area contributed by atoms with Crippen LogP contribution >= 0.6 is 0 Å². The van der Waals surface area contributed by atoms with Gasteiger partial charge in [0.15, 0.2) is 0 Å². The third kappa shape index (κ3) is 2.66. The van der Waals surface area contributed by atoms with Crippen LogP contribution in [0.4, 0.5) is 11.4 Å². The molecule has 0 fully saturated rings. The molecule has 0 unspecified atom stereocenters. The van der Waals surface area contributed by atoms with Gasteiger partial charge in [0.25, 0.3) is 0 Å². The number of hydrogen-bond donors (Lipinski definition) is 0. The highest BCUT2D eigenvalue weighted by Gasteiger charge is 2.11. The van der Waals surface area contributed by atoms with E-state index in [2.05, 4.69) is 121 Å². The Balaban J connectivity index is 1.53. The lowest BCUT2D eigenvalue weighted by molar-refractivity contribution is 1.01. The van der Waals surface area contributed by atoms with Crippen LogP contribution in [-0.4, -0.2) is 11.6 Å². The van der Waals surface area contributed by atoms with E-state index in [1.165, 1.54) is 44.3 Å². The maximum Gasteiger partial charge on any atom is 0.0509 e. The molecule has 136 valence electrons. The predicted octanol–water partition coefficient (Wildman–Crippen LogP) is 6.77. The second-order valence-electron chi connectivity index (χ2n) is 7.25. The first-order valence-corrected chi connectivity index (χ1v) is 9.59. The van der Waals surface area contributed by atoms with Crippen molar-refractivity contribution in [2.75, 3.05) is 11.9 Å². The van der Waals surface area contributed by atoms with Gasteiger partial charge in [0.05, 0.1) is 5.52 Å². The summed E-state index contributed by atoms with van der Waals surface area (Å²) in [5.41, 5.74) is 7.37. The lowest BCUT2D eigenvalue weighted by atomic mass is 10.1. The van der Waals surface area contributed by atoms with Gasteiger partial charge in [-0.15, -0.1) is 0 Å². The van der Waals surface area contributed by atoms with Crippen LogP contribution < -0.4 is 4.90 Å². The summed E-state index contributed by atoms with van der Waals surface area (Å²) < 4.78 is 2.28. The second-order valence-corrected chi connectivity index (χ2v) is 7.25. The van der Waals surface area contributed by atoms with Crippen LogP contribution in [0.1, 0.15) is 0 Å². The van der Waals surface area contributed by atoms with Gasteiger partial charge in [-0.2, -0.15) is 0 Å². The number of aromatic nitrogens is 1. The van der Waals surface area contributed by atoms with E-state index in [9.17, 15) is 0 Å². The first kappa shape index (κ1) is 16.6. The molecule has 2 heteroatoms. The van der Waals surface area contributed by atoms with Crippen LogP contribution in [0.25, 0.3) is 32.9 Å². The van der Waals surface area contributed by atoms with Crippen molar-refractivity contribution >= 4 is 33.2 Å². The molecule has 4 aromatic carbocycles. The number of benzene rings is 4. The Bertz CT molecular complexity index is 1260. The molecule has 0 saturated heterocycles. The fraction of sp³-hybridized carbons (Fsp3) is 0.0769. The number of rotatable bonds is 3. The average molecular weight is 362 g/mol. The van der Waals surface area contributed by atoms with E-state index in [0.29, 0.717) is 0 Å². The lowest BCUT2D eigenvalue weighted by Crippen LogP contribution is -2.09. The molecular weight excluding hydrogens is 340 g/mol. The summed E-state index contributed by atoms with van der Waals surface area (Å²) >= 11 is 0. The number of anilines is 2. The molecule has 5 aromatic rings. The topological polar surface area (TPSA) is 8.17 Å². The average Bonchev–Trinajstić information content (AvgIpc) is 3.06. The van der Waals surface area contributed by atoms with Gasteiger partial charge in [0.2, 0.25) is 0 Å². The third-order valence-electron chi connectivity index (χ3n) is 5.65. The molecule has 28 heavy (non-hydrogen) atoms. The number of aryl methyl sites for hydroxylation is 1. The minimum Gasteiger partial charge on any atom is -0.345 e. The van der Waals surface area contributed by atoms with Crippen molar-refractivity contribution in [3.8, 4) is 11.1 Å². The fourth-order valence-corrected chi connectivity index (χ4v) is 4.01. The van der Waals surface area contributed by atoms with Crippen molar-refractivity contribution in [1.29, 1.82) is 0 Å². The monoisotopic (exact) mass is 362 g/mol. The summed E-state index contributed by atoms with van der Waals surface area (Å²) in [6.07, 6.45) is 0. The minimum atomic E-state index is 1.18. The highest BCUT2D eigenvalue weighted by atomic mass is 15.1. The van der Waals surface area contributed by atoms with Crippen LogP contribution in [0.5, 0.6) is 0 Å². The molecule has 0 aliphatic carbocycles. The molecule has 0 spiro atoms. The Morgan fingerprint density at radius 1 is 0.571 bits per heavy atom. The largest absolute Gasteiger partial charge is 0.345 e. The Labute approximate surface area is 165 Å². The Hall–Kier alpha value is -3.52. The molecule has 0 aliphatic heterocycles. The van der Waals surface area contributed by atoms with Crippen molar-refractivity contribution in [2.45, 2.75) is 0 Å². The molecule has 0 bridgehead atoms. The summed E-state index contributed by atoms with van der Waals surface area (Å²) in [7, 11) is 4.27. The Morgan fingerprint density at radius 2 is 1.18 bits per heavy atom. The summed E-state index contributed by atoms with van der Waals surface area (Å²) in [4.78, 5) is 2.24. The SMILES string of the molecule is CN(c1ccc(-c2ccccc2)cc1)c1ccc2c3ccccc3n(C)c2c1. The summed E-state index contributed by atoms with van der Waals surface area (Å²) in [6.45, 7) is 0. The van der Waals surface area contributed by atoms with Gasteiger partial charge in [-0.3, -0.25) is 0 Å². The third-order valence-corrected chi connectivity index (χ3v) is 5.65. The molecular formula is C26H22N2. The number of hydrogen-bond acceptors (Lipinski definition) is 1. The van der Waals surface area contributed by atoms with Crippen LogP contribution in [0.3, 0.4) is 0 Å². The summed E-state index contributed by atoms with van der Waals surface area (Å²) in [6, 6.07) is 34.6. The van der Waals surface area contributed by atoms with E-state index in [4.69, 9.17) is 0 Å². The standard InChI is InChI=1S/C26H22N2/c1-27(21-14-12-20(13-15-21)19-8-4-3-5-9-19)22-16-17-24-23-10-6-7-11-25(23)28(2)26(24)18-22/h3-18H,1-2H3. The smallest absolute Gasteiger partial charge is 0.0509 e. The summed E-state index contributed by atoms with van der Waals surface area (Å²) in [5, 5.41) is 2.61. The predicted molar refractivity (Wildman–Crippen MR) is 120 cm³/mol. The molecule has 1 aromatic heterocycles. The van der Waals surface area contributed by atoms with Crippen molar-refractivity contribution in [3.05, 3.63) is 97.1 Å². The van der Waals surface area contributed by atoms with Gasteiger partial charge in [-0.25, -0.2) is 0 Å². The van der Waals surface area contributed by atoms with Crippen LogP contribution in [0, 0.1) is 0 Å². The Morgan fingerprint density at radius 3 is 1.96 bits per heavy atom. The van der Waals surface area contributed by atoms with Crippen molar-refractivity contribution in [2.24, 2.45) is 7.05 Å². The molecule has 0 radical (unpaired) electrons. The molecule has 1 heterocycles. The number of fused-ring (bicyclic) bond motifs is 3. The van der Waals surface area contributed by atoms with E-state index in [1.807, 2.05) is 0 Å². The van der Waals surface area contributed by atoms with Gasteiger partial charge in [-0.05, 0) is 41.5 Å². The molecule has 0 saturated carbocycles. The summed E-state index contributed by atoms with van der Waals surface area (Å²) in [5.74, 6) is 0. The van der Waals surface area contributed by atoms with E-state index in [-0.39, 0.29) is 0 Å². The molecule has 5 rings (SSSR count). The maximum atomic E-state index is 2.28. The maximum absolute atomic E-state index is 2.28. The van der Waals surface area contributed by atoms with Crippen molar-refractivity contribution in [1.82, 2.24) is 4.57 Å². The zero-order chi connectivity index (χ0) is 19.1. The van der Waals surface area contributed by atoms with Gasteiger partial charge in [-0.1, -0.05) is 66.7 Å². The van der Waals surface area contributed by atoms with Gasteiger partial charge < -0.3 is 9.47 Å². The highest BCUT2D eigenvalue weighted by Crippen LogP contribution is 2.33. The minimum absolute atomic E-state index is 1.18. The van der Waals surface area contributed by atoms with E-state index >= 15 is 0 Å². The zero-order valence-electron chi connectivity index (χ0n) is 16.1. The quantitative estimate of drug-likeness (QED) is 0.344. The number of nitrogens with zero attached hydrogens (tertiary/aromatic N) is 2. The molecule has 0 atom stereocenters. The molecule has 0 amide bonds. The van der Waals surface area contributed by atoms with Gasteiger partial charge in [0.1, 0.15) is 0 Å². The number of para-hydroxylation sites is 1. The van der Waals surface area contributed by atoms with Crippen LogP contribution in [0.15, 0.2) is 97.1 Å². The molecule has 0 aliphatic rings. The highest BCUT2D eigenvalue weighted by molar-refractivity contribution is 6.08. The normalized spacial score (nSPS) is 11.2. The Kier molecular flexibility index (Phi) is 3.91. The van der Waals surface area contributed by atoms with Gasteiger partial charge in [0, 0.05) is 41.8 Å². The second kappa shape index (κ2) is 6.58. The van der Waals surface area contributed by atoms with Crippen LogP contribution in [-0.2, 0) is 7.05 Å². The van der Waals surface area contributed by atoms with E-state index < -0.39 is 0 Å². The van der Waals surface area contributed by atoms with Crippen molar-refractivity contribution < 1.29 is 0 Å². The van der Waals surface area contributed by atoms with E-state index in [0.717, 1.165) is 0 Å². The van der Waals surface area contributed by atoms with E-state index in [1.54, 1.807) is 0 Å². The van der Waals surface area contributed by atoms with Crippen LogP contribution in [0.2, 0.25) is 0 Å². The molecule has 0 N–H and O–H groups in total. The van der Waals surface area contributed by atoms with Crippen molar-refractivity contribution in [3.63, 3.8) is 0 Å².